The normalized spacial score (nSPS) is 10.8. The fraction of sp³-hybridized carbons (Fsp3) is 0.208. The molecule has 0 fully saturated rings. The number of rotatable bonds is 8. The SMILES string of the molecule is CC(C)OC(=O)COc1ccc(F)c(NCc2cc(O)cc(-c3cccc(F)c3)c2)c1F. The van der Waals surface area contributed by atoms with Crippen molar-refractivity contribution >= 4 is 11.7 Å². The summed E-state index contributed by atoms with van der Waals surface area (Å²) in [4.78, 5) is 11.6. The van der Waals surface area contributed by atoms with Gasteiger partial charge in [-0.2, -0.15) is 0 Å². The molecule has 3 rings (SSSR count). The molecule has 0 spiro atoms. The predicted octanol–water partition coefficient (Wildman–Crippen LogP) is 5.42. The number of phenolic OH excluding ortho intramolecular Hbond substituents is 1. The van der Waals surface area contributed by atoms with E-state index in [4.69, 9.17) is 9.47 Å². The lowest BCUT2D eigenvalue weighted by atomic mass is 10.0. The van der Waals surface area contributed by atoms with Gasteiger partial charge < -0.3 is 19.9 Å². The first-order valence-corrected chi connectivity index (χ1v) is 9.86. The van der Waals surface area contributed by atoms with Gasteiger partial charge in [0.15, 0.2) is 18.2 Å². The summed E-state index contributed by atoms with van der Waals surface area (Å²) in [6, 6.07) is 12.5. The van der Waals surface area contributed by atoms with Gasteiger partial charge in [-0.15, -0.1) is 0 Å². The molecular weight excluding hydrogens is 423 g/mol. The number of phenols is 1. The number of ether oxygens (including phenoxy) is 2. The molecule has 0 radical (unpaired) electrons. The second-order valence-electron chi connectivity index (χ2n) is 7.31. The van der Waals surface area contributed by atoms with Crippen molar-refractivity contribution in [2.75, 3.05) is 11.9 Å². The van der Waals surface area contributed by atoms with Crippen LogP contribution in [0.3, 0.4) is 0 Å². The fourth-order valence-electron chi connectivity index (χ4n) is 3.04. The topological polar surface area (TPSA) is 67.8 Å². The molecule has 0 amide bonds. The van der Waals surface area contributed by atoms with Crippen LogP contribution in [0, 0.1) is 17.5 Å². The zero-order chi connectivity index (χ0) is 23.3. The molecule has 0 bridgehead atoms. The van der Waals surface area contributed by atoms with E-state index < -0.39 is 35.7 Å². The van der Waals surface area contributed by atoms with Crippen LogP contribution in [0.15, 0.2) is 54.6 Å². The largest absolute Gasteiger partial charge is 0.508 e. The third kappa shape index (κ3) is 5.94. The smallest absolute Gasteiger partial charge is 0.344 e. The van der Waals surface area contributed by atoms with Gasteiger partial charge in [0.05, 0.1) is 6.10 Å². The zero-order valence-electron chi connectivity index (χ0n) is 17.5. The average molecular weight is 445 g/mol. The van der Waals surface area contributed by atoms with Crippen LogP contribution in [0.25, 0.3) is 11.1 Å². The summed E-state index contributed by atoms with van der Waals surface area (Å²) in [5, 5.41) is 12.7. The molecular formula is C24H22F3NO4. The van der Waals surface area contributed by atoms with Crippen molar-refractivity contribution in [2.45, 2.75) is 26.5 Å². The summed E-state index contributed by atoms with van der Waals surface area (Å²) in [6.07, 6.45) is -0.346. The van der Waals surface area contributed by atoms with E-state index in [0.717, 1.165) is 12.1 Å². The standard InChI is InChI=1S/C24H22F3NO4/c1-14(2)32-22(30)13-31-21-7-6-20(26)24(23(21)27)28-12-15-8-17(11-19(29)9-15)16-4-3-5-18(25)10-16/h3-11,14,28-29H,12-13H2,1-2H3. The van der Waals surface area contributed by atoms with Gasteiger partial charge in [-0.3, -0.25) is 0 Å². The Morgan fingerprint density at radius 3 is 2.53 bits per heavy atom. The maximum Gasteiger partial charge on any atom is 0.344 e. The van der Waals surface area contributed by atoms with Crippen molar-refractivity contribution in [3.63, 3.8) is 0 Å². The number of hydrogen-bond acceptors (Lipinski definition) is 5. The molecule has 3 aromatic rings. The van der Waals surface area contributed by atoms with Crippen LogP contribution < -0.4 is 10.1 Å². The Hall–Kier alpha value is -3.68. The first kappa shape index (κ1) is 23.0. The van der Waals surface area contributed by atoms with E-state index in [2.05, 4.69) is 5.32 Å². The molecule has 0 aromatic heterocycles. The van der Waals surface area contributed by atoms with Crippen molar-refractivity contribution in [2.24, 2.45) is 0 Å². The highest BCUT2D eigenvalue weighted by Crippen LogP contribution is 2.30. The lowest BCUT2D eigenvalue weighted by Crippen LogP contribution is -2.19. The molecule has 5 nitrogen and oxygen atoms in total. The van der Waals surface area contributed by atoms with Gasteiger partial charge in [-0.1, -0.05) is 12.1 Å². The van der Waals surface area contributed by atoms with Crippen LogP contribution in [-0.2, 0) is 16.1 Å². The summed E-state index contributed by atoms with van der Waals surface area (Å²) in [5.41, 5.74) is 1.15. The van der Waals surface area contributed by atoms with Gasteiger partial charge >= 0.3 is 5.97 Å². The average Bonchev–Trinajstić information content (AvgIpc) is 2.72. The molecule has 0 atom stereocenters. The Morgan fingerprint density at radius 1 is 1.03 bits per heavy atom. The molecule has 0 aliphatic heterocycles. The van der Waals surface area contributed by atoms with Crippen molar-refractivity contribution in [3.8, 4) is 22.6 Å². The van der Waals surface area contributed by atoms with Crippen LogP contribution in [0.1, 0.15) is 19.4 Å². The van der Waals surface area contributed by atoms with E-state index in [1.807, 2.05) is 0 Å². The predicted molar refractivity (Wildman–Crippen MR) is 114 cm³/mol. The zero-order valence-corrected chi connectivity index (χ0v) is 17.5. The van der Waals surface area contributed by atoms with Gasteiger partial charge in [0.1, 0.15) is 23.1 Å². The van der Waals surface area contributed by atoms with E-state index in [1.165, 1.54) is 24.3 Å². The Bertz CT molecular complexity index is 1120. The van der Waals surface area contributed by atoms with Gasteiger partial charge in [0.25, 0.3) is 0 Å². The summed E-state index contributed by atoms with van der Waals surface area (Å²) < 4.78 is 52.5. The van der Waals surface area contributed by atoms with Crippen LogP contribution in [0.5, 0.6) is 11.5 Å². The number of carbonyl (C=O) groups is 1. The summed E-state index contributed by atoms with van der Waals surface area (Å²) >= 11 is 0. The summed E-state index contributed by atoms with van der Waals surface area (Å²) in [6.45, 7) is 2.77. The molecule has 3 aromatic carbocycles. The van der Waals surface area contributed by atoms with Crippen LogP contribution in [-0.4, -0.2) is 23.8 Å². The molecule has 2 N–H and O–H groups in total. The van der Waals surface area contributed by atoms with Crippen LogP contribution >= 0.6 is 0 Å². The van der Waals surface area contributed by atoms with Crippen LogP contribution in [0.2, 0.25) is 0 Å². The van der Waals surface area contributed by atoms with Crippen molar-refractivity contribution < 1.29 is 32.5 Å². The lowest BCUT2D eigenvalue weighted by Gasteiger charge is -2.14. The van der Waals surface area contributed by atoms with Crippen molar-refractivity contribution in [1.29, 1.82) is 0 Å². The van der Waals surface area contributed by atoms with Gasteiger partial charge in [0, 0.05) is 6.54 Å². The monoisotopic (exact) mass is 445 g/mol. The van der Waals surface area contributed by atoms with E-state index in [-0.39, 0.29) is 24.1 Å². The minimum atomic E-state index is -1.01. The maximum atomic E-state index is 14.7. The molecule has 32 heavy (non-hydrogen) atoms. The lowest BCUT2D eigenvalue weighted by molar-refractivity contribution is -0.149. The Morgan fingerprint density at radius 2 is 1.81 bits per heavy atom. The Kier molecular flexibility index (Phi) is 7.25. The molecule has 0 saturated heterocycles. The molecule has 0 heterocycles. The number of benzene rings is 3. The number of anilines is 1. The number of nitrogens with one attached hydrogen (secondary N) is 1. The maximum absolute atomic E-state index is 14.7. The molecule has 0 aliphatic carbocycles. The molecule has 0 saturated carbocycles. The first-order chi connectivity index (χ1) is 15.2. The number of hydrogen-bond donors (Lipinski definition) is 2. The van der Waals surface area contributed by atoms with Crippen molar-refractivity contribution in [3.05, 3.63) is 77.6 Å². The molecule has 0 unspecified atom stereocenters. The highest BCUT2D eigenvalue weighted by atomic mass is 19.1. The number of halogens is 3. The Labute approximate surface area is 183 Å². The first-order valence-electron chi connectivity index (χ1n) is 9.86. The van der Waals surface area contributed by atoms with Gasteiger partial charge in [0.2, 0.25) is 0 Å². The third-order valence-corrected chi connectivity index (χ3v) is 4.37. The second-order valence-corrected chi connectivity index (χ2v) is 7.31. The number of carbonyl (C=O) groups excluding carboxylic acids is 1. The third-order valence-electron chi connectivity index (χ3n) is 4.37. The molecule has 8 heteroatoms. The minimum Gasteiger partial charge on any atom is -0.508 e. The quantitative estimate of drug-likeness (QED) is 0.453. The highest BCUT2D eigenvalue weighted by molar-refractivity contribution is 5.71. The number of aromatic hydroxyl groups is 1. The molecule has 168 valence electrons. The van der Waals surface area contributed by atoms with Gasteiger partial charge in [-0.05, 0) is 73.0 Å². The van der Waals surface area contributed by atoms with E-state index >= 15 is 0 Å². The summed E-state index contributed by atoms with van der Waals surface area (Å²) in [7, 11) is 0. The van der Waals surface area contributed by atoms with Crippen LogP contribution in [0.4, 0.5) is 18.9 Å². The second kappa shape index (κ2) is 10.1. The highest BCUT2D eigenvalue weighted by Gasteiger charge is 2.17. The number of esters is 1. The Balaban J connectivity index is 1.76. The van der Waals surface area contributed by atoms with E-state index in [9.17, 15) is 23.1 Å². The van der Waals surface area contributed by atoms with E-state index in [0.29, 0.717) is 16.7 Å². The van der Waals surface area contributed by atoms with E-state index in [1.54, 1.807) is 32.0 Å². The summed E-state index contributed by atoms with van der Waals surface area (Å²) in [5.74, 6) is -3.36. The van der Waals surface area contributed by atoms with Crippen molar-refractivity contribution in [1.82, 2.24) is 0 Å². The fourth-order valence-corrected chi connectivity index (χ4v) is 3.04. The molecule has 0 aliphatic rings. The van der Waals surface area contributed by atoms with Gasteiger partial charge in [-0.25, -0.2) is 18.0 Å². The minimum absolute atomic E-state index is 0.0383.